The average molecular weight is 285 g/mol. The third-order valence-corrected chi connectivity index (χ3v) is 3.26. The minimum absolute atomic E-state index is 0.160. The first kappa shape index (κ1) is 16.4. The van der Waals surface area contributed by atoms with Crippen molar-refractivity contribution >= 4 is 17.7 Å². The molecule has 0 radical (unpaired) electrons. The maximum absolute atomic E-state index is 12.0. The summed E-state index contributed by atoms with van der Waals surface area (Å²) in [5, 5.41) is 7.10. The van der Waals surface area contributed by atoms with E-state index in [2.05, 4.69) is 27.5 Å². The number of hydrogen-bond donors (Lipinski definition) is 2. The minimum Gasteiger partial charge on any atom is -0.467 e. The summed E-state index contributed by atoms with van der Waals surface area (Å²) < 4.78 is 9.43. The van der Waals surface area contributed by atoms with Crippen LogP contribution in [0.15, 0.2) is 5.10 Å². The van der Waals surface area contributed by atoms with Gasteiger partial charge >= 0.3 is 11.9 Å². The van der Waals surface area contributed by atoms with Crippen LogP contribution in [0.25, 0.3) is 0 Å². The van der Waals surface area contributed by atoms with E-state index in [1.165, 1.54) is 14.2 Å². The molecule has 1 heterocycles. The molecular weight excluding hydrogens is 262 g/mol. The molecule has 0 amide bonds. The van der Waals surface area contributed by atoms with Crippen molar-refractivity contribution in [2.24, 2.45) is 5.10 Å². The van der Waals surface area contributed by atoms with Gasteiger partial charge in [0.05, 0.1) is 14.2 Å². The summed E-state index contributed by atoms with van der Waals surface area (Å²) in [5.41, 5.74) is 1.91. The molecule has 7 heteroatoms. The van der Waals surface area contributed by atoms with Gasteiger partial charge in [0.15, 0.2) is 5.54 Å². The number of carbonyl (C=O) groups is 2. The van der Waals surface area contributed by atoms with Gasteiger partial charge < -0.3 is 14.8 Å². The van der Waals surface area contributed by atoms with E-state index in [9.17, 15) is 9.59 Å². The molecule has 0 spiro atoms. The lowest BCUT2D eigenvalue weighted by molar-refractivity contribution is -0.147. The van der Waals surface area contributed by atoms with E-state index in [0.717, 1.165) is 25.8 Å². The average Bonchev–Trinajstić information content (AvgIpc) is 2.91. The molecule has 1 rings (SSSR count). The number of esters is 2. The van der Waals surface area contributed by atoms with Crippen LogP contribution < -0.4 is 10.7 Å². The van der Waals surface area contributed by atoms with Crippen LogP contribution >= 0.6 is 0 Å². The van der Waals surface area contributed by atoms with Crippen LogP contribution in [-0.2, 0) is 19.1 Å². The van der Waals surface area contributed by atoms with E-state index in [-0.39, 0.29) is 12.1 Å². The summed E-state index contributed by atoms with van der Waals surface area (Å²) in [6.45, 7) is 3.29. The molecule has 1 aliphatic heterocycles. The van der Waals surface area contributed by atoms with Crippen molar-refractivity contribution in [3.05, 3.63) is 0 Å². The number of hydrazone groups is 1. The Morgan fingerprint density at radius 2 is 2.10 bits per heavy atom. The number of hydrogen-bond acceptors (Lipinski definition) is 7. The van der Waals surface area contributed by atoms with Gasteiger partial charge in [0.2, 0.25) is 0 Å². The maximum atomic E-state index is 12.0. The highest BCUT2D eigenvalue weighted by Crippen LogP contribution is 2.19. The Hall–Kier alpha value is -1.63. The van der Waals surface area contributed by atoms with Crippen molar-refractivity contribution in [1.82, 2.24) is 10.7 Å². The monoisotopic (exact) mass is 285 g/mol. The molecule has 1 unspecified atom stereocenters. The second kappa shape index (κ2) is 7.84. The topological polar surface area (TPSA) is 89.0 Å². The zero-order valence-electron chi connectivity index (χ0n) is 12.3. The number of rotatable bonds is 8. The second-order valence-electron chi connectivity index (χ2n) is 4.80. The highest BCUT2D eigenvalue weighted by atomic mass is 16.5. The molecule has 7 nitrogen and oxygen atoms in total. The molecule has 1 aliphatic rings. The molecule has 0 aliphatic carbocycles. The molecular formula is C13H23N3O4. The number of nitrogens with one attached hydrogen (secondary N) is 2. The molecule has 114 valence electrons. The predicted molar refractivity (Wildman–Crippen MR) is 74.3 cm³/mol. The van der Waals surface area contributed by atoms with E-state index in [1.807, 2.05) is 0 Å². The van der Waals surface area contributed by atoms with Crippen molar-refractivity contribution in [1.29, 1.82) is 0 Å². The lowest BCUT2D eigenvalue weighted by atomic mass is 9.94. The predicted octanol–water partition coefficient (Wildman–Crippen LogP) is 0.200. The minimum atomic E-state index is -1.02. The largest absolute Gasteiger partial charge is 0.467 e. The summed E-state index contributed by atoms with van der Waals surface area (Å²) in [7, 11) is 2.60. The SMILES string of the molecule is CCCCCNCC1(C(=O)OC)CC(C(=O)OC)=NN1. The van der Waals surface area contributed by atoms with Crippen LogP contribution in [0.2, 0.25) is 0 Å². The standard InChI is InChI=1S/C13H23N3O4/c1-4-5-6-7-14-9-13(12(18)20-3)8-10(15-16-13)11(17)19-2/h14,16H,4-9H2,1-3H3. The fraction of sp³-hybridized carbons (Fsp3) is 0.769. The smallest absolute Gasteiger partial charge is 0.354 e. The van der Waals surface area contributed by atoms with Gasteiger partial charge in [-0.2, -0.15) is 5.10 Å². The van der Waals surface area contributed by atoms with Gasteiger partial charge in [0.25, 0.3) is 0 Å². The molecule has 1 atom stereocenters. The highest BCUT2D eigenvalue weighted by molar-refractivity contribution is 6.37. The molecule has 20 heavy (non-hydrogen) atoms. The fourth-order valence-corrected chi connectivity index (χ4v) is 2.06. The van der Waals surface area contributed by atoms with Crippen LogP contribution in [0.1, 0.15) is 32.6 Å². The quantitative estimate of drug-likeness (QED) is 0.489. The Morgan fingerprint density at radius 3 is 2.70 bits per heavy atom. The van der Waals surface area contributed by atoms with E-state index in [1.54, 1.807) is 0 Å². The Bertz CT molecular complexity index is 384. The molecule has 0 fully saturated rings. The van der Waals surface area contributed by atoms with Crippen molar-refractivity contribution < 1.29 is 19.1 Å². The first-order chi connectivity index (χ1) is 9.59. The zero-order valence-corrected chi connectivity index (χ0v) is 12.3. The summed E-state index contributed by atoms with van der Waals surface area (Å²) >= 11 is 0. The molecule has 0 aromatic heterocycles. The number of unbranched alkanes of at least 4 members (excludes halogenated alkanes) is 2. The van der Waals surface area contributed by atoms with E-state index in [4.69, 9.17) is 4.74 Å². The zero-order chi connectivity index (χ0) is 15.0. The van der Waals surface area contributed by atoms with Gasteiger partial charge in [-0.15, -0.1) is 0 Å². The summed E-state index contributed by atoms with van der Waals surface area (Å²) in [6.07, 6.45) is 3.47. The van der Waals surface area contributed by atoms with Gasteiger partial charge in [0, 0.05) is 13.0 Å². The number of nitrogens with zero attached hydrogens (tertiary/aromatic N) is 1. The number of carbonyl (C=O) groups excluding carboxylic acids is 2. The first-order valence-electron chi connectivity index (χ1n) is 6.81. The second-order valence-corrected chi connectivity index (χ2v) is 4.80. The normalized spacial score (nSPS) is 21.1. The Labute approximate surface area is 119 Å². The number of methoxy groups -OCH3 is 2. The van der Waals surface area contributed by atoms with Gasteiger partial charge in [-0.25, -0.2) is 9.59 Å². The van der Waals surface area contributed by atoms with Crippen molar-refractivity contribution in [2.75, 3.05) is 27.3 Å². The molecule has 0 saturated carbocycles. The Balaban J connectivity index is 2.58. The molecule has 0 aromatic carbocycles. The molecule has 2 N–H and O–H groups in total. The van der Waals surface area contributed by atoms with Crippen molar-refractivity contribution in [3.63, 3.8) is 0 Å². The first-order valence-corrected chi connectivity index (χ1v) is 6.81. The highest BCUT2D eigenvalue weighted by Gasteiger charge is 2.46. The van der Waals surface area contributed by atoms with Gasteiger partial charge in [-0.05, 0) is 13.0 Å². The van der Waals surface area contributed by atoms with E-state index >= 15 is 0 Å². The molecule has 0 aromatic rings. The van der Waals surface area contributed by atoms with Crippen LogP contribution in [-0.4, -0.2) is 50.5 Å². The third-order valence-electron chi connectivity index (χ3n) is 3.26. The maximum Gasteiger partial charge on any atom is 0.354 e. The lowest BCUT2D eigenvalue weighted by Crippen LogP contribution is -2.55. The third kappa shape index (κ3) is 3.93. The van der Waals surface area contributed by atoms with Gasteiger partial charge in [-0.3, -0.25) is 5.43 Å². The van der Waals surface area contributed by atoms with Gasteiger partial charge in [0.1, 0.15) is 5.71 Å². The fourth-order valence-electron chi connectivity index (χ4n) is 2.06. The summed E-state index contributed by atoms with van der Waals surface area (Å²) in [6, 6.07) is 0. The van der Waals surface area contributed by atoms with Crippen LogP contribution in [0, 0.1) is 0 Å². The van der Waals surface area contributed by atoms with Crippen LogP contribution in [0.5, 0.6) is 0 Å². The van der Waals surface area contributed by atoms with Crippen LogP contribution in [0.4, 0.5) is 0 Å². The summed E-state index contributed by atoms with van der Waals surface area (Å²) in [4.78, 5) is 23.4. The summed E-state index contributed by atoms with van der Waals surface area (Å²) in [5.74, 6) is -0.975. The molecule has 0 bridgehead atoms. The number of ether oxygens (including phenoxy) is 2. The van der Waals surface area contributed by atoms with Crippen molar-refractivity contribution in [2.45, 2.75) is 38.1 Å². The van der Waals surface area contributed by atoms with E-state index in [0.29, 0.717) is 6.54 Å². The van der Waals surface area contributed by atoms with E-state index < -0.39 is 17.5 Å². The van der Waals surface area contributed by atoms with Crippen LogP contribution in [0.3, 0.4) is 0 Å². The molecule has 0 saturated heterocycles. The van der Waals surface area contributed by atoms with Crippen molar-refractivity contribution in [3.8, 4) is 0 Å². The Morgan fingerprint density at radius 1 is 1.35 bits per heavy atom. The Kier molecular flexibility index (Phi) is 6.44. The van der Waals surface area contributed by atoms with Gasteiger partial charge in [-0.1, -0.05) is 19.8 Å². The lowest BCUT2D eigenvalue weighted by Gasteiger charge is -2.25.